The molecule has 4 heteroatoms. The third-order valence-electron chi connectivity index (χ3n) is 4.48. The zero-order valence-corrected chi connectivity index (χ0v) is 13.2. The molecule has 120 valence electrons. The van der Waals surface area contributed by atoms with E-state index in [9.17, 15) is 9.59 Å². The first-order valence-electron chi connectivity index (χ1n) is 8.29. The molecular formula is C19H22N2O2. The number of nitrogens with one attached hydrogen (secondary N) is 2. The Balaban J connectivity index is 1.52. The first-order valence-corrected chi connectivity index (χ1v) is 8.29. The van der Waals surface area contributed by atoms with Crippen LogP contribution in [-0.4, -0.2) is 11.8 Å². The van der Waals surface area contributed by atoms with Crippen molar-refractivity contribution in [2.24, 2.45) is 5.92 Å². The molecule has 2 aromatic carbocycles. The highest BCUT2D eigenvalue weighted by Crippen LogP contribution is 2.23. The summed E-state index contributed by atoms with van der Waals surface area (Å²) >= 11 is 0. The monoisotopic (exact) mass is 310 g/mol. The number of hydrazine groups is 1. The highest BCUT2D eigenvalue weighted by molar-refractivity contribution is 5.87. The number of amides is 2. The van der Waals surface area contributed by atoms with Gasteiger partial charge in [0.2, 0.25) is 11.8 Å². The van der Waals surface area contributed by atoms with Crippen LogP contribution in [0.2, 0.25) is 0 Å². The van der Waals surface area contributed by atoms with Gasteiger partial charge in [0, 0.05) is 5.92 Å². The third-order valence-corrected chi connectivity index (χ3v) is 4.48. The summed E-state index contributed by atoms with van der Waals surface area (Å²) in [5.74, 6) is -0.203. The van der Waals surface area contributed by atoms with Gasteiger partial charge in [-0.05, 0) is 29.2 Å². The molecule has 2 amide bonds. The molecule has 1 aliphatic carbocycles. The van der Waals surface area contributed by atoms with Crippen LogP contribution >= 0.6 is 0 Å². The van der Waals surface area contributed by atoms with E-state index < -0.39 is 0 Å². The van der Waals surface area contributed by atoms with E-state index in [0.29, 0.717) is 0 Å². The predicted molar refractivity (Wildman–Crippen MR) is 90.5 cm³/mol. The Labute approximate surface area is 136 Å². The Morgan fingerprint density at radius 2 is 1.65 bits per heavy atom. The number of rotatable bonds is 3. The lowest BCUT2D eigenvalue weighted by Crippen LogP contribution is -2.45. The van der Waals surface area contributed by atoms with E-state index in [4.69, 9.17) is 0 Å². The molecule has 3 rings (SSSR count). The molecule has 2 N–H and O–H groups in total. The van der Waals surface area contributed by atoms with Gasteiger partial charge in [-0.1, -0.05) is 61.7 Å². The van der Waals surface area contributed by atoms with Gasteiger partial charge in [0.05, 0.1) is 6.42 Å². The lowest BCUT2D eigenvalue weighted by molar-refractivity contribution is -0.131. The highest BCUT2D eigenvalue weighted by Gasteiger charge is 2.21. The second-order valence-electron chi connectivity index (χ2n) is 6.23. The highest BCUT2D eigenvalue weighted by atomic mass is 16.2. The maximum atomic E-state index is 12.0. The van der Waals surface area contributed by atoms with Crippen LogP contribution in [-0.2, 0) is 16.0 Å². The van der Waals surface area contributed by atoms with Crippen LogP contribution in [0.1, 0.15) is 37.7 Å². The molecule has 0 bridgehead atoms. The van der Waals surface area contributed by atoms with Crippen molar-refractivity contribution in [3.05, 3.63) is 48.0 Å². The molecule has 0 spiro atoms. The standard InChI is InChI=1S/C19H22N2O2/c22-18(20-21-19(23)16-7-2-1-3-8-16)13-14-10-11-15-6-4-5-9-17(15)12-14/h4-6,9-12,16H,1-3,7-8,13H2,(H,20,22)(H,21,23). The topological polar surface area (TPSA) is 58.2 Å². The Kier molecular flexibility index (Phi) is 4.91. The van der Waals surface area contributed by atoms with Crippen LogP contribution in [0.5, 0.6) is 0 Å². The predicted octanol–water partition coefficient (Wildman–Crippen LogP) is 3.11. The van der Waals surface area contributed by atoms with Gasteiger partial charge < -0.3 is 0 Å². The molecule has 2 aromatic rings. The Morgan fingerprint density at radius 1 is 0.913 bits per heavy atom. The SMILES string of the molecule is O=C(Cc1ccc2ccccc2c1)NNC(=O)C1CCCCC1. The summed E-state index contributed by atoms with van der Waals surface area (Å²) < 4.78 is 0. The maximum absolute atomic E-state index is 12.0. The van der Waals surface area contributed by atoms with E-state index in [1.807, 2.05) is 42.5 Å². The molecular weight excluding hydrogens is 288 g/mol. The molecule has 4 nitrogen and oxygen atoms in total. The summed E-state index contributed by atoms with van der Waals surface area (Å²) in [5, 5.41) is 2.27. The quantitative estimate of drug-likeness (QED) is 0.856. The fourth-order valence-electron chi connectivity index (χ4n) is 3.18. The van der Waals surface area contributed by atoms with E-state index in [-0.39, 0.29) is 24.2 Å². The molecule has 0 unspecified atom stereocenters. The summed E-state index contributed by atoms with van der Waals surface area (Å²) in [6, 6.07) is 14.0. The molecule has 1 fully saturated rings. The number of carbonyl (C=O) groups is 2. The van der Waals surface area contributed by atoms with Gasteiger partial charge in [0.1, 0.15) is 0 Å². The zero-order chi connectivity index (χ0) is 16.1. The van der Waals surface area contributed by atoms with Crippen molar-refractivity contribution in [1.29, 1.82) is 0 Å². The van der Waals surface area contributed by atoms with Crippen molar-refractivity contribution >= 4 is 22.6 Å². The van der Waals surface area contributed by atoms with Gasteiger partial charge in [-0.15, -0.1) is 0 Å². The maximum Gasteiger partial charge on any atom is 0.242 e. The zero-order valence-electron chi connectivity index (χ0n) is 13.2. The summed E-state index contributed by atoms with van der Waals surface area (Å²) in [7, 11) is 0. The minimum atomic E-state index is -0.190. The molecule has 0 radical (unpaired) electrons. The van der Waals surface area contributed by atoms with Crippen molar-refractivity contribution in [1.82, 2.24) is 10.9 Å². The average molecular weight is 310 g/mol. The van der Waals surface area contributed by atoms with Crippen molar-refractivity contribution in [2.45, 2.75) is 38.5 Å². The van der Waals surface area contributed by atoms with Crippen molar-refractivity contribution in [3.8, 4) is 0 Å². The molecule has 0 saturated heterocycles. The van der Waals surface area contributed by atoms with E-state index in [2.05, 4.69) is 10.9 Å². The Hall–Kier alpha value is -2.36. The van der Waals surface area contributed by atoms with Gasteiger partial charge in [-0.25, -0.2) is 0 Å². The molecule has 1 aliphatic rings. The van der Waals surface area contributed by atoms with Crippen LogP contribution in [0, 0.1) is 5.92 Å². The lowest BCUT2D eigenvalue weighted by atomic mass is 9.89. The number of carbonyl (C=O) groups excluding carboxylic acids is 2. The summed E-state index contributed by atoms with van der Waals surface area (Å²) in [4.78, 5) is 24.0. The summed E-state index contributed by atoms with van der Waals surface area (Å²) in [6.07, 6.45) is 5.51. The van der Waals surface area contributed by atoms with E-state index in [0.717, 1.165) is 42.0 Å². The smallest absolute Gasteiger partial charge is 0.242 e. The van der Waals surface area contributed by atoms with Crippen LogP contribution in [0.25, 0.3) is 10.8 Å². The van der Waals surface area contributed by atoms with Gasteiger partial charge >= 0.3 is 0 Å². The van der Waals surface area contributed by atoms with Crippen LogP contribution in [0.3, 0.4) is 0 Å². The first-order chi connectivity index (χ1) is 11.2. The lowest BCUT2D eigenvalue weighted by Gasteiger charge is -2.20. The Morgan fingerprint density at radius 3 is 2.43 bits per heavy atom. The van der Waals surface area contributed by atoms with Gasteiger partial charge in [0.25, 0.3) is 0 Å². The molecule has 0 aromatic heterocycles. The van der Waals surface area contributed by atoms with Crippen LogP contribution in [0.4, 0.5) is 0 Å². The normalized spacial score (nSPS) is 15.3. The fourth-order valence-corrected chi connectivity index (χ4v) is 3.18. The first kappa shape index (κ1) is 15.5. The van der Waals surface area contributed by atoms with Crippen molar-refractivity contribution in [3.63, 3.8) is 0 Å². The van der Waals surface area contributed by atoms with Crippen molar-refractivity contribution in [2.75, 3.05) is 0 Å². The molecule has 23 heavy (non-hydrogen) atoms. The largest absolute Gasteiger partial charge is 0.273 e. The second-order valence-corrected chi connectivity index (χ2v) is 6.23. The van der Waals surface area contributed by atoms with E-state index in [1.54, 1.807) is 0 Å². The van der Waals surface area contributed by atoms with E-state index >= 15 is 0 Å². The minimum absolute atomic E-state index is 0.0460. The summed E-state index contributed by atoms with van der Waals surface area (Å²) in [5.41, 5.74) is 6.05. The third kappa shape index (κ3) is 4.09. The average Bonchev–Trinajstić information content (AvgIpc) is 2.60. The van der Waals surface area contributed by atoms with Crippen LogP contribution < -0.4 is 10.9 Å². The number of hydrogen-bond donors (Lipinski definition) is 2. The molecule has 0 atom stereocenters. The van der Waals surface area contributed by atoms with Gasteiger partial charge in [-0.2, -0.15) is 0 Å². The van der Waals surface area contributed by atoms with Gasteiger partial charge in [0.15, 0.2) is 0 Å². The number of fused-ring (bicyclic) bond motifs is 1. The molecule has 0 heterocycles. The molecule has 0 aliphatic heterocycles. The van der Waals surface area contributed by atoms with E-state index in [1.165, 1.54) is 6.42 Å². The van der Waals surface area contributed by atoms with Crippen molar-refractivity contribution < 1.29 is 9.59 Å². The van der Waals surface area contributed by atoms with Gasteiger partial charge in [-0.3, -0.25) is 20.4 Å². The number of benzene rings is 2. The second kappa shape index (κ2) is 7.27. The Bertz CT molecular complexity index is 705. The summed E-state index contributed by atoms with van der Waals surface area (Å²) in [6.45, 7) is 0. The molecule has 1 saturated carbocycles. The number of hydrogen-bond acceptors (Lipinski definition) is 2. The fraction of sp³-hybridized carbons (Fsp3) is 0.368. The minimum Gasteiger partial charge on any atom is -0.273 e. The van der Waals surface area contributed by atoms with Crippen LogP contribution in [0.15, 0.2) is 42.5 Å².